The van der Waals surface area contributed by atoms with Gasteiger partial charge >= 0.3 is 0 Å². The lowest BCUT2D eigenvalue weighted by molar-refractivity contribution is 0.410. The largest absolute Gasteiger partial charge is 0.316 e. The Labute approximate surface area is 112 Å². The molecular weight excluding hydrogens is 240 g/mol. The summed E-state index contributed by atoms with van der Waals surface area (Å²) < 4.78 is 0. The first kappa shape index (κ1) is 12.0. The molecule has 0 amide bonds. The molecule has 2 heterocycles. The van der Waals surface area contributed by atoms with Crippen molar-refractivity contribution in [2.45, 2.75) is 17.7 Å². The van der Waals surface area contributed by atoms with E-state index >= 15 is 0 Å². The summed E-state index contributed by atoms with van der Waals surface area (Å²) in [7, 11) is 0. The van der Waals surface area contributed by atoms with Gasteiger partial charge in [0.1, 0.15) is 0 Å². The maximum absolute atomic E-state index is 4.18. The number of rotatable bonds is 3. The highest BCUT2D eigenvalue weighted by atomic mass is 32.2. The zero-order chi connectivity index (χ0) is 12.2. The Morgan fingerprint density at radius 3 is 3.17 bits per heavy atom. The molecule has 1 unspecified atom stereocenters. The molecule has 1 aliphatic heterocycles. The van der Waals surface area contributed by atoms with Crippen LogP contribution in [0.2, 0.25) is 0 Å². The van der Waals surface area contributed by atoms with Gasteiger partial charge < -0.3 is 5.32 Å². The number of benzene rings is 1. The molecule has 1 atom stereocenters. The number of pyridine rings is 1. The molecule has 2 nitrogen and oxygen atoms in total. The molecule has 1 N–H and O–H groups in total. The Hall–Kier alpha value is -1.06. The average Bonchev–Trinajstić information content (AvgIpc) is 2.46. The van der Waals surface area contributed by atoms with Crippen LogP contribution in [-0.4, -0.2) is 23.8 Å². The van der Waals surface area contributed by atoms with Crippen LogP contribution in [0.3, 0.4) is 0 Å². The van der Waals surface area contributed by atoms with E-state index in [4.69, 9.17) is 0 Å². The molecule has 1 aliphatic rings. The van der Waals surface area contributed by atoms with Crippen LogP contribution in [0, 0.1) is 5.92 Å². The fraction of sp³-hybridized carbons (Fsp3) is 0.400. The number of nitrogens with zero attached hydrogens (tertiary/aromatic N) is 1. The third-order valence-corrected chi connectivity index (χ3v) is 4.72. The van der Waals surface area contributed by atoms with Gasteiger partial charge in [-0.3, -0.25) is 4.98 Å². The Bertz CT molecular complexity index is 521. The van der Waals surface area contributed by atoms with Crippen LogP contribution < -0.4 is 5.32 Å². The smallest absolute Gasteiger partial charge is 0.0346 e. The summed E-state index contributed by atoms with van der Waals surface area (Å²) >= 11 is 1.97. The first-order valence-electron chi connectivity index (χ1n) is 6.59. The average molecular weight is 258 g/mol. The zero-order valence-corrected chi connectivity index (χ0v) is 11.2. The molecule has 0 saturated carbocycles. The minimum absolute atomic E-state index is 0.827. The second-order valence-corrected chi connectivity index (χ2v) is 6.00. The maximum atomic E-state index is 4.18. The first-order chi connectivity index (χ1) is 8.92. The monoisotopic (exact) mass is 258 g/mol. The number of hydrogen-bond donors (Lipinski definition) is 1. The third-order valence-electron chi connectivity index (χ3n) is 3.50. The SMILES string of the molecule is c1cc2ccc(SCC3CCCNC3)cc2cn1. The van der Waals surface area contributed by atoms with Crippen molar-refractivity contribution in [3.63, 3.8) is 0 Å². The van der Waals surface area contributed by atoms with Gasteiger partial charge in [0.05, 0.1) is 0 Å². The predicted octanol–water partition coefficient (Wildman–Crippen LogP) is 3.33. The normalized spacial score (nSPS) is 20.1. The topological polar surface area (TPSA) is 24.9 Å². The van der Waals surface area contributed by atoms with Crippen LogP contribution in [0.25, 0.3) is 10.8 Å². The Kier molecular flexibility index (Phi) is 3.81. The van der Waals surface area contributed by atoms with Crippen molar-refractivity contribution < 1.29 is 0 Å². The van der Waals surface area contributed by atoms with Crippen LogP contribution in [0.5, 0.6) is 0 Å². The van der Waals surface area contributed by atoms with Gasteiger partial charge in [0.2, 0.25) is 0 Å². The minimum atomic E-state index is 0.827. The Morgan fingerprint density at radius 1 is 1.28 bits per heavy atom. The van der Waals surface area contributed by atoms with E-state index in [0.29, 0.717) is 0 Å². The first-order valence-corrected chi connectivity index (χ1v) is 7.58. The molecule has 3 heteroatoms. The quantitative estimate of drug-likeness (QED) is 0.855. The van der Waals surface area contributed by atoms with E-state index in [1.54, 1.807) is 0 Å². The van der Waals surface area contributed by atoms with Gasteiger partial charge in [-0.1, -0.05) is 6.07 Å². The van der Waals surface area contributed by atoms with Crippen LogP contribution in [0.4, 0.5) is 0 Å². The highest BCUT2D eigenvalue weighted by molar-refractivity contribution is 7.99. The van der Waals surface area contributed by atoms with Gasteiger partial charge in [-0.15, -0.1) is 11.8 Å². The molecule has 18 heavy (non-hydrogen) atoms. The lowest BCUT2D eigenvalue weighted by Gasteiger charge is -2.22. The second kappa shape index (κ2) is 5.72. The summed E-state index contributed by atoms with van der Waals surface area (Å²) in [6.45, 7) is 2.38. The summed E-state index contributed by atoms with van der Waals surface area (Å²) in [5, 5.41) is 5.99. The number of nitrogens with one attached hydrogen (secondary N) is 1. The predicted molar refractivity (Wildman–Crippen MR) is 78.1 cm³/mol. The van der Waals surface area contributed by atoms with E-state index < -0.39 is 0 Å². The van der Waals surface area contributed by atoms with Gasteiger partial charge in [0, 0.05) is 28.4 Å². The fourth-order valence-electron chi connectivity index (χ4n) is 2.43. The number of fused-ring (bicyclic) bond motifs is 1. The van der Waals surface area contributed by atoms with Crippen LogP contribution in [0.1, 0.15) is 12.8 Å². The molecule has 1 fully saturated rings. The fourth-order valence-corrected chi connectivity index (χ4v) is 3.52. The molecule has 0 spiro atoms. The molecule has 1 aromatic carbocycles. The zero-order valence-electron chi connectivity index (χ0n) is 10.4. The number of aromatic nitrogens is 1. The molecular formula is C15H18N2S. The van der Waals surface area contributed by atoms with Crippen LogP contribution in [0.15, 0.2) is 41.6 Å². The minimum Gasteiger partial charge on any atom is -0.316 e. The van der Waals surface area contributed by atoms with E-state index in [1.807, 2.05) is 24.2 Å². The van der Waals surface area contributed by atoms with Crippen molar-refractivity contribution in [3.8, 4) is 0 Å². The van der Waals surface area contributed by atoms with E-state index in [-0.39, 0.29) is 0 Å². The van der Waals surface area contributed by atoms with Gasteiger partial charge in [-0.05, 0) is 55.4 Å². The molecule has 1 aromatic heterocycles. The molecule has 94 valence electrons. The van der Waals surface area contributed by atoms with Crippen molar-refractivity contribution in [2.24, 2.45) is 5.92 Å². The van der Waals surface area contributed by atoms with Gasteiger partial charge in [-0.2, -0.15) is 0 Å². The Balaban J connectivity index is 1.66. The van der Waals surface area contributed by atoms with Crippen molar-refractivity contribution in [2.75, 3.05) is 18.8 Å². The summed E-state index contributed by atoms with van der Waals surface area (Å²) in [5.41, 5.74) is 0. The van der Waals surface area contributed by atoms with Crippen LogP contribution >= 0.6 is 11.8 Å². The Morgan fingerprint density at radius 2 is 2.28 bits per heavy atom. The molecule has 0 radical (unpaired) electrons. The molecule has 0 aliphatic carbocycles. The van der Waals surface area contributed by atoms with E-state index in [9.17, 15) is 0 Å². The highest BCUT2D eigenvalue weighted by Crippen LogP contribution is 2.26. The molecule has 3 rings (SSSR count). The van der Waals surface area contributed by atoms with Crippen molar-refractivity contribution in [1.29, 1.82) is 0 Å². The van der Waals surface area contributed by atoms with Gasteiger partial charge in [0.25, 0.3) is 0 Å². The summed E-state index contributed by atoms with van der Waals surface area (Å²) in [4.78, 5) is 5.55. The summed E-state index contributed by atoms with van der Waals surface area (Å²) in [5.74, 6) is 2.05. The summed E-state index contributed by atoms with van der Waals surface area (Å²) in [6, 6.07) is 8.74. The van der Waals surface area contributed by atoms with Crippen molar-refractivity contribution in [1.82, 2.24) is 10.3 Å². The van der Waals surface area contributed by atoms with E-state index in [0.717, 1.165) is 5.92 Å². The number of piperidine rings is 1. The highest BCUT2D eigenvalue weighted by Gasteiger charge is 2.12. The molecule has 1 saturated heterocycles. The van der Waals surface area contributed by atoms with E-state index in [1.165, 1.54) is 47.4 Å². The lowest BCUT2D eigenvalue weighted by atomic mass is 10.0. The van der Waals surface area contributed by atoms with Crippen molar-refractivity contribution >= 4 is 22.5 Å². The van der Waals surface area contributed by atoms with Crippen LogP contribution in [-0.2, 0) is 0 Å². The van der Waals surface area contributed by atoms with Crippen molar-refractivity contribution in [3.05, 3.63) is 36.7 Å². The third kappa shape index (κ3) is 2.85. The standard InChI is InChI=1S/C15H18N2S/c1-2-12(9-16-6-1)11-18-15-4-3-13-5-7-17-10-14(13)8-15/h3-5,7-8,10,12,16H,1-2,6,9,11H2. The van der Waals surface area contributed by atoms with Gasteiger partial charge in [-0.25, -0.2) is 0 Å². The van der Waals surface area contributed by atoms with Gasteiger partial charge in [0.15, 0.2) is 0 Å². The lowest BCUT2D eigenvalue weighted by Crippen LogP contribution is -2.30. The maximum Gasteiger partial charge on any atom is 0.0346 e. The number of hydrogen-bond acceptors (Lipinski definition) is 3. The summed E-state index contributed by atoms with van der Waals surface area (Å²) in [6.07, 6.45) is 6.49. The van der Waals surface area contributed by atoms with E-state index in [2.05, 4.69) is 34.6 Å². The second-order valence-electron chi connectivity index (χ2n) is 4.91. The molecule has 2 aromatic rings. The molecule has 0 bridgehead atoms. The number of thioether (sulfide) groups is 1.